The number of urea groups is 1. The summed E-state index contributed by atoms with van der Waals surface area (Å²) in [6, 6.07) is 11.6. The first kappa shape index (κ1) is 14.0. The maximum absolute atomic E-state index is 13.5. The van der Waals surface area contributed by atoms with E-state index in [9.17, 15) is 13.6 Å². The lowest BCUT2D eigenvalue weighted by atomic mass is 10.3. The molecule has 20 heavy (non-hydrogen) atoms. The van der Waals surface area contributed by atoms with Crippen LogP contribution in [0.15, 0.2) is 48.5 Å². The molecule has 0 fully saturated rings. The van der Waals surface area contributed by atoms with Gasteiger partial charge in [0, 0.05) is 18.3 Å². The van der Waals surface area contributed by atoms with Crippen LogP contribution >= 0.6 is 0 Å². The Morgan fingerprint density at radius 1 is 1.15 bits per heavy atom. The van der Waals surface area contributed by atoms with E-state index >= 15 is 0 Å². The van der Waals surface area contributed by atoms with E-state index in [1.165, 1.54) is 11.0 Å². The van der Waals surface area contributed by atoms with E-state index in [0.29, 0.717) is 12.2 Å². The van der Waals surface area contributed by atoms with Gasteiger partial charge in [0.1, 0.15) is 11.6 Å². The highest BCUT2D eigenvalue weighted by Gasteiger charge is 2.15. The van der Waals surface area contributed by atoms with Crippen molar-refractivity contribution >= 4 is 17.4 Å². The van der Waals surface area contributed by atoms with E-state index in [1.807, 2.05) is 25.1 Å². The Bertz CT molecular complexity index is 602. The maximum Gasteiger partial charge on any atom is 0.326 e. The molecular formula is C15H14F2N2O. The van der Waals surface area contributed by atoms with Crippen LogP contribution in [0.4, 0.5) is 25.0 Å². The van der Waals surface area contributed by atoms with Gasteiger partial charge in [0.2, 0.25) is 0 Å². The number of hydrogen-bond acceptors (Lipinski definition) is 1. The first-order valence-electron chi connectivity index (χ1n) is 6.20. The maximum atomic E-state index is 13.5. The second kappa shape index (κ2) is 6.14. The van der Waals surface area contributed by atoms with Crippen LogP contribution in [0.1, 0.15) is 6.92 Å². The Balaban J connectivity index is 2.18. The molecule has 0 spiro atoms. The predicted octanol–water partition coefficient (Wildman–Crippen LogP) is 4.02. The summed E-state index contributed by atoms with van der Waals surface area (Å²) in [7, 11) is 0. The van der Waals surface area contributed by atoms with E-state index in [2.05, 4.69) is 5.32 Å². The summed E-state index contributed by atoms with van der Waals surface area (Å²) in [6.45, 7) is 2.24. The third-order valence-electron chi connectivity index (χ3n) is 2.80. The van der Waals surface area contributed by atoms with Gasteiger partial charge in [0.25, 0.3) is 0 Å². The van der Waals surface area contributed by atoms with Crippen LogP contribution in [-0.4, -0.2) is 12.6 Å². The largest absolute Gasteiger partial charge is 0.326 e. The molecule has 0 saturated heterocycles. The number of nitrogens with one attached hydrogen (secondary N) is 1. The van der Waals surface area contributed by atoms with Gasteiger partial charge in [-0.2, -0.15) is 0 Å². The van der Waals surface area contributed by atoms with Crippen molar-refractivity contribution in [2.45, 2.75) is 6.92 Å². The molecule has 0 heterocycles. The minimum Gasteiger partial charge on any atom is -0.305 e. The molecule has 2 amide bonds. The van der Waals surface area contributed by atoms with Gasteiger partial charge >= 0.3 is 6.03 Å². The second-order valence-corrected chi connectivity index (χ2v) is 4.13. The fraction of sp³-hybridized carbons (Fsp3) is 0.133. The molecule has 5 heteroatoms. The number of carbonyl (C=O) groups excluding carboxylic acids is 1. The van der Waals surface area contributed by atoms with Crippen LogP contribution in [0.5, 0.6) is 0 Å². The van der Waals surface area contributed by atoms with Gasteiger partial charge in [-0.15, -0.1) is 0 Å². The van der Waals surface area contributed by atoms with Gasteiger partial charge in [-0.1, -0.05) is 18.2 Å². The molecule has 0 unspecified atom stereocenters. The van der Waals surface area contributed by atoms with Gasteiger partial charge < -0.3 is 5.32 Å². The van der Waals surface area contributed by atoms with Crippen molar-refractivity contribution in [3.8, 4) is 0 Å². The monoisotopic (exact) mass is 276 g/mol. The summed E-state index contributed by atoms with van der Waals surface area (Å²) in [4.78, 5) is 13.6. The molecular weight excluding hydrogens is 262 g/mol. The number of nitrogens with zero attached hydrogens (tertiary/aromatic N) is 1. The summed E-state index contributed by atoms with van der Waals surface area (Å²) in [5.41, 5.74) is 0.654. The molecule has 0 bridgehead atoms. The van der Waals surface area contributed by atoms with E-state index in [0.717, 1.165) is 12.1 Å². The number of anilines is 2. The molecule has 1 N–H and O–H groups in total. The van der Waals surface area contributed by atoms with E-state index in [-0.39, 0.29) is 5.69 Å². The average molecular weight is 276 g/mol. The van der Waals surface area contributed by atoms with Gasteiger partial charge in [0.15, 0.2) is 0 Å². The first-order chi connectivity index (χ1) is 9.61. The van der Waals surface area contributed by atoms with Crippen LogP contribution in [0, 0.1) is 11.6 Å². The number of para-hydroxylation sites is 1. The summed E-state index contributed by atoms with van der Waals surface area (Å²) in [5, 5.41) is 2.43. The SMILES string of the molecule is CCN(C(=O)Nc1ccc(F)cc1F)c1ccccc1. The van der Waals surface area contributed by atoms with E-state index < -0.39 is 17.7 Å². The van der Waals surface area contributed by atoms with Gasteiger partial charge in [-0.05, 0) is 31.2 Å². The smallest absolute Gasteiger partial charge is 0.305 e. The van der Waals surface area contributed by atoms with Crippen molar-refractivity contribution in [2.75, 3.05) is 16.8 Å². The van der Waals surface area contributed by atoms with E-state index in [1.54, 1.807) is 12.1 Å². The highest BCUT2D eigenvalue weighted by Crippen LogP contribution is 2.18. The lowest BCUT2D eigenvalue weighted by molar-refractivity contribution is 0.257. The van der Waals surface area contributed by atoms with Crippen molar-refractivity contribution in [3.05, 3.63) is 60.2 Å². The lowest BCUT2D eigenvalue weighted by Crippen LogP contribution is -2.35. The Kier molecular flexibility index (Phi) is 4.30. The van der Waals surface area contributed by atoms with Crippen LogP contribution in [0.25, 0.3) is 0 Å². The number of carbonyl (C=O) groups is 1. The Labute approximate surface area is 115 Å². The number of hydrogen-bond donors (Lipinski definition) is 1. The Morgan fingerprint density at radius 3 is 2.45 bits per heavy atom. The van der Waals surface area contributed by atoms with Crippen molar-refractivity contribution in [3.63, 3.8) is 0 Å². The Hall–Kier alpha value is -2.43. The van der Waals surface area contributed by atoms with Gasteiger partial charge in [0.05, 0.1) is 5.69 Å². The van der Waals surface area contributed by atoms with Gasteiger partial charge in [-0.3, -0.25) is 4.90 Å². The second-order valence-electron chi connectivity index (χ2n) is 4.13. The predicted molar refractivity (Wildman–Crippen MR) is 74.8 cm³/mol. The molecule has 2 rings (SSSR count). The quantitative estimate of drug-likeness (QED) is 0.902. The third kappa shape index (κ3) is 3.12. The summed E-state index contributed by atoms with van der Waals surface area (Å²) >= 11 is 0. The number of rotatable bonds is 3. The zero-order chi connectivity index (χ0) is 14.5. The molecule has 0 aliphatic heterocycles. The zero-order valence-corrected chi connectivity index (χ0v) is 10.9. The molecule has 0 aliphatic rings. The molecule has 0 radical (unpaired) electrons. The standard InChI is InChI=1S/C15H14F2N2O/c1-2-19(12-6-4-3-5-7-12)15(20)18-14-9-8-11(16)10-13(14)17/h3-10H,2H2,1H3,(H,18,20). The zero-order valence-electron chi connectivity index (χ0n) is 10.9. The molecule has 2 aromatic rings. The summed E-state index contributed by atoms with van der Waals surface area (Å²) in [5.74, 6) is -1.49. The first-order valence-corrected chi connectivity index (χ1v) is 6.20. The molecule has 0 saturated carbocycles. The van der Waals surface area contributed by atoms with Crippen molar-refractivity contribution in [1.29, 1.82) is 0 Å². The summed E-state index contributed by atoms with van der Waals surface area (Å²) in [6.07, 6.45) is 0. The average Bonchev–Trinajstić information content (AvgIpc) is 2.44. The van der Waals surface area contributed by atoms with Crippen molar-refractivity contribution < 1.29 is 13.6 Å². The lowest BCUT2D eigenvalue weighted by Gasteiger charge is -2.21. The Morgan fingerprint density at radius 2 is 1.85 bits per heavy atom. The van der Waals surface area contributed by atoms with Crippen LogP contribution in [0.2, 0.25) is 0 Å². The van der Waals surface area contributed by atoms with E-state index in [4.69, 9.17) is 0 Å². The molecule has 0 atom stereocenters. The highest BCUT2D eigenvalue weighted by atomic mass is 19.1. The minimum atomic E-state index is -0.803. The minimum absolute atomic E-state index is 0.0502. The highest BCUT2D eigenvalue weighted by molar-refractivity contribution is 6.01. The third-order valence-corrected chi connectivity index (χ3v) is 2.80. The topological polar surface area (TPSA) is 32.3 Å². The molecule has 0 aliphatic carbocycles. The normalized spacial score (nSPS) is 10.2. The van der Waals surface area contributed by atoms with Crippen LogP contribution in [0.3, 0.4) is 0 Å². The molecule has 104 valence electrons. The number of amides is 2. The molecule has 2 aromatic carbocycles. The van der Waals surface area contributed by atoms with Crippen LogP contribution in [-0.2, 0) is 0 Å². The fourth-order valence-corrected chi connectivity index (χ4v) is 1.82. The fourth-order valence-electron chi connectivity index (χ4n) is 1.82. The summed E-state index contributed by atoms with van der Waals surface area (Å²) < 4.78 is 26.3. The number of benzene rings is 2. The molecule has 3 nitrogen and oxygen atoms in total. The molecule has 0 aromatic heterocycles. The van der Waals surface area contributed by atoms with Crippen molar-refractivity contribution in [2.24, 2.45) is 0 Å². The van der Waals surface area contributed by atoms with Crippen molar-refractivity contribution in [1.82, 2.24) is 0 Å². The number of halogens is 2. The van der Waals surface area contributed by atoms with Crippen LogP contribution < -0.4 is 10.2 Å². The van der Waals surface area contributed by atoms with Gasteiger partial charge in [-0.25, -0.2) is 13.6 Å².